The fraction of sp³-hybridized carbons (Fsp3) is 0.700. The third-order valence-electron chi connectivity index (χ3n) is 2.05. The summed E-state index contributed by atoms with van der Waals surface area (Å²) in [7, 11) is 0. The lowest BCUT2D eigenvalue weighted by Gasteiger charge is -2.09. The van der Waals surface area contributed by atoms with Crippen LogP contribution < -0.4 is 5.32 Å². The van der Waals surface area contributed by atoms with E-state index in [0.717, 1.165) is 29.2 Å². The zero-order valence-corrected chi connectivity index (χ0v) is 10.1. The third-order valence-corrected chi connectivity index (χ3v) is 3.23. The lowest BCUT2D eigenvalue weighted by Crippen LogP contribution is -2.18. The minimum Gasteiger partial charge on any atom is -0.309 e. The zero-order valence-electron chi connectivity index (χ0n) is 9.27. The Morgan fingerprint density at radius 1 is 1.50 bits per heavy atom. The molecule has 1 atom stereocenters. The Balaban J connectivity index is 2.57. The van der Waals surface area contributed by atoms with Gasteiger partial charge < -0.3 is 5.32 Å². The van der Waals surface area contributed by atoms with Crippen LogP contribution in [0.1, 0.15) is 36.2 Å². The molecule has 1 unspecified atom stereocenters. The Hall–Kier alpha value is -0.620. The van der Waals surface area contributed by atoms with E-state index in [1.807, 2.05) is 13.8 Å². The van der Waals surface area contributed by atoms with Crippen molar-refractivity contribution in [3.63, 3.8) is 0 Å². The first-order valence-electron chi connectivity index (χ1n) is 5.17. The second-order valence-electron chi connectivity index (χ2n) is 3.62. The number of rotatable bonds is 5. The van der Waals surface area contributed by atoms with Crippen LogP contribution in [-0.2, 0) is 6.42 Å². The highest BCUT2D eigenvalue weighted by Gasteiger charge is 2.29. The van der Waals surface area contributed by atoms with Crippen LogP contribution in [0.3, 0.4) is 0 Å². The number of alkyl halides is 3. The van der Waals surface area contributed by atoms with Gasteiger partial charge in [0.2, 0.25) is 0 Å². The van der Waals surface area contributed by atoms with Gasteiger partial charge in [0.15, 0.2) is 0 Å². The van der Waals surface area contributed by atoms with Crippen LogP contribution in [0.2, 0.25) is 0 Å². The fourth-order valence-electron chi connectivity index (χ4n) is 1.24. The average Bonchev–Trinajstić information content (AvgIpc) is 2.59. The van der Waals surface area contributed by atoms with Gasteiger partial charge in [-0.3, -0.25) is 0 Å². The normalized spacial score (nSPS) is 14.1. The first-order chi connectivity index (χ1) is 7.42. The largest absolute Gasteiger partial charge is 0.395 e. The number of hydrogen-bond donors (Lipinski definition) is 1. The van der Waals surface area contributed by atoms with Gasteiger partial charge in [-0.15, -0.1) is 11.3 Å². The lowest BCUT2D eigenvalue weighted by molar-refractivity contribution is -0.127. The highest BCUT2D eigenvalue weighted by atomic mass is 32.1. The molecule has 0 saturated heterocycles. The summed E-state index contributed by atoms with van der Waals surface area (Å²) >= 11 is 1.12. The van der Waals surface area contributed by atoms with E-state index in [4.69, 9.17) is 0 Å². The quantitative estimate of drug-likeness (QED) is 0.869. The summed E-state index contributed by atoms with van der Waals surface area (Å²) in [5.41, 5.74) is 0. The molecular weight excluding hydrogens is 237 g/mol. The maximum atomic E-state index is 12.1. The zero-order chi connectivity index (χ0) is 12.2. The molecule has 1 aromatic heterocycles. The van der Waals surface area contributed by atoms with E-state index in [9.17, 15) is 13.2 Å². The van der Waals surface area contributed by atoms with E-state index >= 15 is 0 Å². The summed E-state index contributed by atoms with van der Waals surface area (Å²) in [6.07, 6.45) is -2.58. The van der Waals surface area contributed by atoms with Crippen molar-refractivity contribution in [2.45, 2.75) is 38.9 Å². The minimum atomic E-state index is -4.17. The molecule has 0 aliphatic heterocycles. The van der Waals surface area contributed by atoms with E-state index in [2.05, 4.69) is 10.3 Å². The molecule has 0 saturated carbocycles. The number of thiazole rings is 1. The van der Waals surface area contributed by atoms with Gasteiger partial charge in [0, 0.05) is 17.1 Å². The second-order valence-corrected chi connectivity index (χ2v) is 4.77. The van der Waals surface area contributed by atoms with Crippen LogP contribution in [0.5, 0.6) is 0 Å². The number of hydrogen-bond acceptors (Lipinski definition) is 3. The van der Waals surface area contributed by atoms with Gasteiger partial charge in [-0.05, 0) is 19.9 Å². The standard InChI is InChI=1S/C10H15F3N2S/c1-3-4-14-7(2)8-6-15-9(16-8)5-10(11,12)13/h6-7,14H,3-5H2,1-2H3. The molecular formula is C10H15F3N2S. The second kappa shape index (κ2) is 5.63. The van der Waals surface area contributed by atoms with E-state index in [-0.39, 0.29) is 11.0 Å². The smallest absolute Gasteiger partial charge is 0.309 e. The molecule has 6 heteroatoms. The van der Waals surface area contributed by atoms with Crippen LogP contribution >= 0.6 is 11.3 Å². The van der Waals surface area contributed by atoms with Gasteiger partial charge in [0.1, 0.15) is 5.01 Å². The van der Waals surface area contributed by atoms with Crippen LogP contribution in [0.25, 0.3) is 0 Å². The van der Waals surface area contributed by atoms with Crippen molar-refractivity contribution < 1.29 is 13.2 Å². The molecule has 1 aromatic rings. The molecule has 16 heavy (non-hydrogen) atoms. The van der Waals surface area contributed by atoms with Crippen molar-refractivity contribution in [3.8, 4) is 0 Å². The Labute approximate surface area is 96.9 Å². The molecule has 0 aromatic carbocycles. The van der Waals surface area contributed by atoms with E-state index < -0.39 is 12.6 Å². The number of aromatic nitrogens is 1. The van der Waals surface area contributed by atoms with Crippen molar-refractivity contribution in [1.82, 2.24) is 10.3 Å². The highest BCUT2D eigenvalue weighted by Crippen LogP contribution is 2.26. The van der Waals surface area contributed by atoms with Gasteiger partial charge in [0.25, 0.3) is 0 Å². The van der Waals surface area contributed by atoms with Crippen LogP contribution in [0.15, 0.2) is 6.20 Å². The Bertz CT molecular complexity index is 322. The molecule has 1 N–H and O–H groups in total. The van der Waals surface area contributed by atoms with Gasteiger partial charge in [-0.2, -0.15) is 13.2 Å². The summed E-state index contributed by atoms with van der Waals surface area (Å²) in [6, 6.07) is 0.0689. The summed E-state index contributed by atoms with van der Waals surface area (Å²) in [4.78, 5) is 4.64. The van der Waals surface area contributed by atoms with E-state index in [0.29, 0.717) is 0 Å². The maximum absolute atomic E-state index is 12.1. The van der Waals surface area contributed by atoms with Crippen LogP contribution in [0.4, 0.5) is 13.2 Å². The van der Waals surface area contributed by atoms with Gasteiger partial charge in [-0.25, -0.2) is 4.98 Å². The summed E-state index contributed by atoms with van der Waals surface area (Å²) in [5, 5.41) is 3.35. The Kier molecular flexibility index (Phi) is 4.73. The fourth-order valence-corrected chi connectivity index (χ4v) is 2.22. The van der Waals surface area contributed by atoms with Crippen molar-refractivity contribution in [3.05, 3.63) is 16.1 Å². The van der Waals surface area contributed by atoms with Gasteiger partial charge >= 0.3 is 6.18 Å². The summed E-state index contributed by atoms with van der Waals surface area (Å²) in [6.45, 7) is 4.83. The molecule has 92 valence electrons. The Morgan fingerprint density at radius 3 is 2.75 bits per heavy atom. The van der Waals surface area contributed by atoms with Crippen molar-refractivity contribution in [2.24, 2.45) is 0 Å². The molecule has 2 nitrogen and oxygen atoms in total. The third kappa shape index (κ3) is 4.49. The van der Waals surface area contributed by atoms with Gasteiger partial charge in [-0.1, -0.05) is 6.92 Å². The van der Waals surface area contributed by atoms with Crippen molar-refractivity contribution in [2.75, 3.05) is 6.54 Å². The van der Waals surface area contributed by atoms with E-state index in [1.165, 1.54) is 6.20 Å². The number of halogens is 3. The van der Waals surface area contributed by atoms with Gasteiger partial charge in [0.05, 0.1) is 6.42 Å². The molecule has 0 aliphatic carbocycles. The SMILES string of the molecule is CCCNC(C)c1cnc(CC(F)(F)F)s1. The predicted molar refractivity (Wildman–Crippen MR) is 58.6 cm³/mol. The van der Waals surface area contributed by atoms with E-state index in [1.54, 1.807) is 0 Å². The molecule has 1 heterocycles. The molecule has 0 fully saturated rings. The molecule has 0 radical (unpaired) electrons. The van der Waals surface area contributed by atoms with Crippen molar-refractivity contribution in [1.29, 1.82) is 0 Å². The maximum Gasteiger partial charge on any atom is 0.395 e. The first-order valence-corrected chi connectivity index (χ1v) is 5.98. The monoisotopic (exact) mass is 252 g/mol. The van der Waals surface area contributed by atoms with Crippen molar-refractivity contribution >= 4 is 11.3 Å². The van der Waals surface area contributed by atoms with Crippen LogP contribution in [0, 0.1) is 0 Å². The molecule has 0 amide bonds. The molecule has 0 aliphatic rings. The summed E-state index contributed by atoms with van der Waals surface area (Å²) < 4.78 is 36.3. The van der Waals surface area contributed by atoms with Crippen LogP contribution in [-0.4, -0.2) is 17.7 Å². The first kappa shape index (κ1) is 13.4. The molecule has 1 rings (SSSR count). The number of nitrogens with zero attached hydrogens (tertiary/aromatic N) is 1. The Morgan fingerprint density at radius 2 is 2.19 bits per heavy atom. The molecule has 0 bridgehead atoms. The predicted octanol–water partition coefficient (Wildman–Crippen LogP) is 3.31. The highest BCUT2D eigenvalue weighted by molar-refractivity contribution is 7.11. The minimum absolute atomic E-state index is 0.0689. The topological polar surface area (TPSA) is 24.9 Å². The number of nitrogens with one attached hydrogen (secondary N) is 1. The average molecular weight is 252 g/mol. The summed E-state index contributed by atoms with van der Waals surface area (Å²) in [5.74, 6) is 0. The molecule has 0 spiro atoms. The lowest BCUT2D eigenvalue weighted by atomic mass is 10.3.